The molecule has 1 saturated heterocycles. The summed E-state index contributed by atoms with van der Waals surface area (Å²) in [5.74, 6) is 0. The number of benzene rings is 1. The van der Waals surface area contributed by atoms with Crippen LogP contribution in [-0.4, -0.2) is 11.4 Å². The largest absolute Gasteiger partial charge is 0.292 e. The van der Waals surface area contributed by atoms with Crippen LogP contribution in [0.5, 0.6) is 0 Å². The van der Waals surface area contributed by atoms with Gasteiger partial charge in [0.25, 0.3) is 0 Å². The molecule has 0 aliphatic carbocycles. The van der Waals surface area contributed by atoms with Gasteiger partial charge in [-0.15, -0.1) is 0 Å². The molecule has 1 fully saturated rings. The summed E-state index contributed by atoms with van der Waals surface area (Å²) >= 11 is 12.2. The number of likely N-dealkylation sites (tertiary alicyclic amines) is 1. The highest BCUT2D eigenvalue weighted by Gasteiger charge is 2.21. The van der Waals surface area contributed by atoms with Crippen LogP contribution in [0.3, 0.4) is 0 Å². The van der Waals surface area contributed by atoms with Gasteiger partial charge in [0, 0.05) is 22.6 Å². The third kappa shape index (κ3) is 2.47. The van der Waals surface area contributed by atoms with E-state index in [1.165, 1.54) is 12.8 Å². The first kappa shape index (κ1) is 11.3. The molecule has 2 rings (SSSR count). The van der Waals surface area contributed by atoms with Gasteiger partial charge in [0.2, 0.25) is 0 Å². The van der Waals surface area contributed by atoms with E-state index < -0.39 is 0 Å². The smallest absolute Gasteiger partial charge is 0.0454 e. The Morgan fingerprint density at radius 3 is 2.80 bits per heavy atom. The maximum absolute atomic E-state index is 6.17. The van der Waals surface area contributed by atoms with Gasteiger partial charge in [-0.05, 0) is 50.1 Å². The second-order valence-corrected chi connectivity index (χ2v) is 4.75. The number of halogens is 2. The van der Waals surface area contributed by atoms with Gasteiger partial charge in [-0.3, -0.25) is 4.90 Å². The highest BCUT2D eigenvalue weighted by Crippen LogP contribution is 2.32. The molecule has 0 spiro atoms. The lowest BCUT2D eigenvalue weighted by atomic mass is 10.1. The summed E-state index contributed by atoms with van der Waals surface area (Å²) in [4.78, 5) is 2.33. The van der Waals surface area contributed by atoms with Crippen LogP contribution in [0.15, 0.2) is 18.2 Å². The molecule has 1 nitrogen and oxygen atoms in total. The monoisotopic (exact) mass is 242 g/mol. The fourth-order valence-electron chi connectivity index (χ4n) is 1.99. The molecular weight excluding hydrogens is 229 g/mol. The van der Waals surface area contributed by atoms with E-state index in [9.17, 15) is 0 Å². The van der Waals surface area contributed by atoms with Crippen LogP contribution < -0.4 is 0 Å². The van der Waals surface area contributed by atoms with Crippen LogP contribution in [0.4, 0.5) is 0 Å². The Labute approximate surface area is 101 Å². The fourth-order valence-corrected chi connectivity index (χ4v) is 2.44. The second-order valence-electron chi connectivity index (χ2n) is 3.90. The van der Waals surface area contributed by atoms with E-state index in [2.05, 4.69) is 18.4 Å². The summed E-state index contributed by atoms with van der Waals surface area (Å²) in [6.45, 7) is 5.53. The predicted molar refractivity (Wildman–Crippen MR) is 65.1 cm³/mol. The molecule has 1 atom stereocenters. The van der Waals surface area contributed by atoms with Crippen LogP contribution >= 0.6 is 23.2 Å². The Morgan fingerprint density at radius 1 is 1.33 bits per heavy atom. The average molecular weight is 243 g/mol. The van der Waals surface area contributed by atoms with E-state index in [1.54, 1.807) is 0 Å². The summed E-state index contributed by atoms with van der Waals surface area (Å²) in [6.07, 6.45) is 2.41. The molecule has 15 heavy (non-hydrogen) atoms. The van der Waals surface area contributed by atoms with Gasteiger partial charge in [0.15, 0.2) is 0 Å². The van der Waals surface area contributed by atoms with Crippen molar-refractivity contribution >= 4 is 23.2 Å². The topological polar surface area (TPSA) is 3.24 Å². The SMILES string of the molecule is CC(c1cc(Cl)ccc1Cl)N1[CH]CCC1. The van der Waals surface area contributed by atoms with E-state index in [1.807, 2.05) is 18.2 Å². The summed E-state index contributed by atoms with van der Waals surface area (Å²) in [5, 5.41) is 1.55. The molecule has 1 aliphatic rings. The summed E-state index contributed by atoms with van der Waals surface area (Å²) in [6, 6.07) is 5.97. The van der Waals surface area contributed by atoms with Crippen molar-refractivity contribution in [2.75, 3.05) is 6.54 Å². The van der Waals surface area contributed by atoms with Crippen molar-refractivity contribution in [3.05, 3.63) is 40.4 Å². The van der Waals surface area contributed by atoms with Crippen molar-refractivity contribution in [2.24, 2.45) is 0 Å². The number of nitrogens with zero attached hydrogens (tertiary/aromatic N) is 1. The van der Waals surface area contributed by atoms with Crippen molar-refractivity contribution in [3.63, 3.8) is 0 Å². The van der Waals surface area contributed by atoms with Crippen molar-refractivity contribution in [3.8, 4) is 0 Å². The lowest BCUT2D eigenvalue weighted by Crippen LogP contribution is -2.20. The van der Waals surface area contributed by atoms with Crippen LogP contribution in [0.25, 0.3) is 0 Å². The molecule has 3 heteroatoms. The second kappa shape index (κ2) is 4.73. The fraction of sp³-hybridized carbons (Fsp3) is 0.417. The minimum Gasteiger partial charge on any atom is -0.292 e. The van der Waals surface area contributed by atoms with Gasteiger partial charge in [0.1, 0.15) is 0 Å². The first-order chi connectivity index (χ1) is 7.18. The summed E-state index contributed by atoms with van der Waals surface area (Å²) < 4.78 is 0. The molecule has 1 aromatic carbocycles. The zero-order valence-electron chi connectivity index (χ0n) is 8.71. The molecule has 0 saturated carbocycles. The molecule has 1 aromatic rings. The number of rotatable bonds is 2. The highest BCUT2D eigenvalue weighted by atomic mass is 35.5. The predicted octanol–water partition coefficient (Wildman–Crippen LogP) is 4.31. The zero-order chi connectivity index (χ0) is 10.8. The number of hydrogen-bond acceptors (Lipinski definition) is 1. The molecule has 0 N–H and O–H groups in total. The average Bonchev–Trinajstić information content (AvgIpc) is 2.74. The van der Waals surface area contributed by atoms with Crippen molar-refractivity contribution in [2.45, 2.75) is 25.8 Å². The quantitative estimate of drug-likeness (QED) is 0.748. The Morgan fingerprint density at radius 2 is 2.13 bits per heavy atom. The summed E-state index contributed by atoms with van der Waals surface area (Å²) in [7, 11) is 0. The van der Waals surface area contributed by atoms with Crippen LogP contribution in [0.1, 0.15) is 31.4 Å². The maximum atomic E-state index is 6.17. The zero-order valence-corrected chi connectivity index (χ0v) is 10.2. The molecule has 0 bridgehead atoms. The molecule has 1 aliphatic heterocycles. The van der Waals surface area contributed by atoms with Crippen LogP contribution in [0, 0.1) is 6.54 Å². The van der Waals surface area contributed by atoms with Crippen molar-refractivity contribution in [1.29, 1.82) is 0 Å². The van der Waals surface area contributed by atoms with Gasteiger partial charge >= 0.3 is 0 Å². The van der Waals surface area contributed by atoms with Gasteiger partial charge in [0.05, 0.1) is 0 Å². The van der Waals surface area contributed by atoms with Gasteiger partial charge in [-0.2, -0.15) is 0 Å². The summed E-state index contributed by atoms with van der Waals surface area (Å²) in [5.41, 5.74) is 1.11. The molecule has 0 aromatic heterocycles. The lowest BCUT2D eigenvalue weighted by molar-refractivity contribution is 0.304. The maximum Gasteiger partial charge on any atom is 0.0454 e. The van der Waals surface area contributed by atoms with Crippen LogP contribution in [0.2, 0.25) is 10.0 Å². The van der Waals surface area contributed by atoms with Gasteiger partial charge in [-0.1, -0.05) is 23.2 Å². The molecule has 0 amide bonds. The molecule has 1 unspecified atom stereocenters. The van der Waals surface area contributed by atoms with Gasteiger partial charge in [-0.25, -0.2) is 0 Å². The Balaban J connectivity index is 2.23. The normalized spacial score (nSPS) is 19.4. The minimum absolute atomic E-state index is 0.318. The molecule has 1 radical (unpaired) electrons. The third-order valence-corrected chi connectivity index (χ3v) is 3.47. The first-order valence-electron chi connectivity index (χ1n) is 5.22. The van der Waals surface area contributed by atoms with E-state index in [4.69, 9.17) is 23.2 Å². The molecular formula is C12H14Cl2N. The lowest BCUT2D eigenvalue weighted by Gasteiger charge is -2.24. The van der Waals surface area contributed by atoms with E-state index in [-0.39, 0.29) is 0 Å². The Kier molecular flexibility index (Phi) is 3.55. The third-order valence-electron chi connectivity index (χ3n) is 2.89. The first-order valence-corrected chi connectivity index (χ1v) is 5.98. The van der Waals surface area contributed by atoms with Crippen LogP contribution in [-0.2, 0) is 0 Å². The van der Waals surface area contributed by atoms with Crippen molar-refractivity contribution < 1.29 is 0 Å². The standard InChI is InChI=1S/C12H14Cl2N/c1-9(15-6-2-3-7-15)11-8-10(13)4-5-12(11)14/h4-6,8-9H,2-3,7H2,1H3. The van der Waals surface area contributed by atoms with E-state index in [0.717, 1.165) is 22.2 Å². The Bertz CT molecular complexity index is 345. The van der Waals surface area contributed by atoms with Crippen molar-refractivity contribution in [1.82, 2.24) is 4.90 Å². The highest BCUT2D eigenvalue weighted by molar-refractivity contribution is 6.33. The van der Waals surface area contributed by atoms with Gasteiger partial charge < -0.3 is 0 Å². The number of hydrogen-bond donors (Lipinski definition) is 0. The van der Waals surface area contributed by atoms with E-state index in [0.29, 0.717) is 6.04 Å². The van der Waals surface area contributed by atoms with E-state index >= 15 is 0 Å². The molecule has 1 heterocycles. The molecule has 81 valence electrons. The minimum atomic E-state index is 0.318. The Hall–Kier alpha value is -0.240.